The number of ether oxygens (including phenoxy) is 3. The highest BCUT2D eigenvalue weighted by atomic mass is 127. The summed E-state index contributed by atoms with van der Waals surface area (Å²) in [4.78, 5) is 25.6. The predicted octanol–water partition coefficient (Wildman–Crippen LogP) is 5.47. The molecule has 1 aromatic heterocycles. The zero-order chi connectivity index (χ0) is 21.7. The average Bonchev–Trinajstić information content (AvgIpc) is 3.17. The van der Waals surface area contributed by atoms with E-state index in [2.05, 4.69) is 27.9 Å². The van der Waals surface area contributed by atoms with Gasteiger partial charge in [0.25, 0.3) is 5.91 Å². The van der Waals surface area contributed by atoms with Crippen molar-refractivity contribution in [2.75, 3.05) is 26.1 Å². The normalized spacial score (nSPS) is 10.4. The van der Waals surface area contributed by atoms with Crippen LogP contribution in [0.4, 0.5) is 5.00 Å². The summed E-state index contributed by atoms with van der Waals surface area (Å²) in [5, 5.41) is 5.12. The van der Waals surface area contributed by atoms with Gasteiger partial charge >= 0.3 is 5.97 Å². The van der Waals surface area contributed by atoms with Crippen molar-refractivity contribution in [3.63, 3.8) is 0 Å². The van der Waals surface area contributed by atoms with Gasteiger partial charge in [-0.15, -0.1) is 11.3 Å². The molecule has 6 nitrogen and oxygen atoms in total. The molecule has 1 amide bonds. The summed E-state index contributed by atoms with van der Waals surface area (Å²) in [6.45, 7) is 1.97. The molecule has 3 rings (SSSR count). The number of nitrogens with one attached hydrogen (secondary N) is 1. The number of halogens is 1. The molecule has 0 saturated carbocycles. The third-order valence-corrected chi connectivity index (χ3v) is 6.15. The van der Waals surface area contributed by atoms with Gasteiger partial charge in [-0.2, -0.15) is 0 Å². The monoisotopic (exact) mass is 537 g/mol. The lowest BCUT2D eigenvalue weighted by atomic mass is 10.0. The minimum Gasteiger partial charge on any atom is -0.493 e. The maximum Gasteiger partial charge on any atom is 0.341 e. The van der Waals surface area contributed by atoms with Crippen LogP contribution in [0, 0.1) is 3.57 Å². The average molecular weight is 537 g/mol. The van der Waals surface area contributed by atoms with Gasteiger partial charge in [0.1, 0.15) is 10.6 Å². The molecule has 0 radical (unpaired) electrons. The Labute approximate surface area is 192 Å². The summed E-state index contributed by atoms with van der Waals surface area (Å²) in [5.41, 5.74) is 2.25. The fourth-order valence-electron chi connectivity index (χ4n) is 2.89. The van der Waals surface area contributed by atoms with Crippen molar-refractivity contribution >= 4 is 50.8 Å². The van der Waals surface area contributed by atoms with Gasteiger partial charge < -0.3 is 19.5 Å². The molecule has 0 spiro atoms. The molecule has 0 saturated heterocycles. The summed E-state index contributed by atoms with van der Waals surface area (Å²) in [5.74, 6) is 0.342. The van der Waals surface area contributed by atoms with Crippen molar-refractivity contribution in [2.24, 2.45) is 0 Å². The smallest absolute Gasteiger partial charge is 0.341 e. The van der Waals surface area contributed by atoms with Gasteiger partial charge in [0.2, 0.25) is 0 Å². The van der Waals surface area contributed by atoms with Gasteiger partial charge in [-0.25, -0.2) is 4.79 Å². The standard InChI is InChI=1S/C22H20INO5S/c1-4-29-22(26)19-15(13-9-10-17(27-2)18(11-13)28-3)12-30-21(19)24-20(25)14-7-5-6-8-16(14)23/h5-12H,4H2,1-3H3,(H,24,25). The van der Waals surface area contributed by atoms with E-state index in [0.29, 0.717) is 33.2 Å². The first-order valence-electron chi connectivity index (χ1n) is 9.07. The molecule has 0 aliphatic carbocycles. The van der Waals surface area contributed by atoms with E-state index in [-0.39, 0.29) is 12.5 Å². The Kier molecular flexibility index (Phi) is 7.33. The van der Waals surface area contributed by atoms with Crippen LogP contribution in [0.3, 0.4) is 0 Å². The molecular formula is C22H20INO5S. The molecule has 0 atom stereocenters. The van der Waals surface area contributed by atoms with Crippen LogP contribution in [0.1, 0.15) is 27.6 Å². The van der Waals surface area contributed by atoms with E-state index >= 15 is 0 Å². The number of amides is 1. The Morgan fingerprint density at radius 3 is 2.47 bits per heavy atom. The van der Waals surface area contributed by atoms with Crippen molar-refractivity contribution in [1.29, 1.82) is 0 Å². The Hall–Kier alpha value is -2.59. The number of esters is 1. The lowest BCUT2D eigenvalue weighted by Gasteiger charge is -2.11. The third kappa shape index (κ3) is 4.59. The van der Waals surface area contributed by atoms with Crippen LogP contribution >= 0.6 is 33.9 Å². The largest absolute Gasteiger partial charge is 0.493 e. The maximum absolute atomic E-state index is 12.8. The number of anilines is 1. The molecule has 0 fully saturated rings. The highest BCUT2D eigenvalue weighted by Crippen LogP contribution is 2.39. The van der Waals surface area contributed by atoms with Gasteiger partial charge in [-0.05, 0) is 59.3 Å². The van der Waals surface area contributed by atoms with E-state index < -0.39 is 5.97 Å². The summed E-state index contributed by atoms with van der Waals surface area (Å²) in [6.07, 6.45) is 0. The predicted molar refractivity (Wildman–Crippen MR) is 126 cm³/mol. The lowest BCUT2D eigenvalue weighted by molar-refractivity contribution is 0.0529. The van der Waals surface area contributed by atoms with Gasteiger partial charge in [-0.1, -0.05) is 18.2 Å². The highest BCUT2D eigenvalue weighted by Gasteiger charge is 2.24. The highest BCUT2D eigenvalue weighted by molar-refractivity contribution is 14.1. The van der Waals surface area contributed by atoms with Crippen molar-refractivity contribution in [3.8, 4) is 22.6 Å². The SMILES string of the molecule is CCOC(=O)c1c(-c2ccc(OC)c(OC)c2)csc1NC(=O)c1ccccc1I. The first-order valence-corrected chi connectivity index (χ1v) is 11.0. The molecule has 0 unspecified atom stereocenters. The number of methoxy groups -OCH3 is 2. The lowest BCUT2D eigenvalue weighted by Crippen LogP contribution is -2.15. The Bertz CT molecular complexity index is 1080. The Balaban J connectivity index is 2.04. The summed E-state index contributed by atoms with van der Waals surface area (Å²) >= 11 is 3.38. The van der Waals surface area contributed by atoms with Gasteiger partial charge in [0, 0.05) is 14.5 Å². The van der Waals surface area contributed by atoms with E-state index in [1.807, 2.05) is 23.6 Å². The summed E-state index contributed by atoms with van der Waals surface area (Å²) < 4.78 is 16.8. The zero-order valence-corrected chi connectivity index (χ0v) is 19.6. The minimum atomic E-state index is -0.499. The van der Waals surface area contributed by atoms with Crippen molar-refractivity contribution in [2.45, 2.75) is 6.92 Å². The van der Waals surface area contributed by atoms with Crippen LogP contribution in [0.5, 0.6) is 11.5 Å². The van der Waals surface area contributed by atoms with Crippen LogP contribution in [-0.4, -0.2) is 32.7 Å². The summed E-state index contributed by atoms with van der Waals surface area (Å²) in [6, 6.07) is 12.6. The molecule has 0 aliphatic heterocycles. The van der Waals surface area contributed by atoms with E-state index in [1.54, 1.807) is 45.4 Å². The second-order valence-corrected chi connectivity index (χ2v) is 8.12. The zero-order valence-electron chi connectivity index (χ0n) is 16.7. The minimum absolute atomic E-state index is 0.226. The van der Waals surface area contributed by atoms with Crippen molar-refractivity contribution in [1.82, 2.24) is 0 Å². The van der Waals surface area contributed by atoms with E-state index in [1.165, 1.54) is 11.3 Å². The molecule has 2 aromatic carbocycles. The van der Waals surface area contributed by atoms with Gasteiger partial charge in [0.15, 0.2) is 11.5 Å². The molecule has 156 valence electrons. The van der Waals surface area contributed by atoms with E-state index in [0.717, 1.165) is 9.13 Å². The number of hydrogen-bond acceptors (Lipinski definition) is 6. The number of carbonyl (C=O) groups excluding carboxylic acids is 2. The summed E-state index contributed by atoms with van der Waals surface area (Å²) in [7, 11) is 3.11. The number of rotatable bonds is 7. The number of hydrogen-bond donors (Lipinski definition) is 1. The first kappa shape index (κ1) is 22.1. The Morgan fingerprint density at radius 1 is 1.07 bits per heavy atom. The van der Waals surface area contributed by atoms with Crippen molar-refractivity contribution < 1.29 is 23.8 Å². The topological polar surface area (TPSA) is 73.9 Å². The quantitative estimate of drug-likeness (QED) is 0.320. The van der Waals surface area contributed by atoms with Crippen LogP contribution in [0.2, 0.25) is 0 Å². The molecule has 1 heterocycles. The molecule has 3 aromatic rings. The van der Waals surface area contributed by atoms with Gasteiger partial charge in [0.05, 0.1) is 26.4 Å². The van der Waals surface area contributed by atoms with Crippen LogP contribution < -0.4 is 14.8 Å². The van der Waals surface area contributed by atoms with E-state index in [9.17, 15) is 9.59 Å². The fourth-order valence-corrected chi connectivity index (χ4v) is 4.47. The first-order chi connectivity index (χ1) is 14.5. The molecule has 1 N–H and O–H groups in total. The molecular weight excluding hydrogens is 517 g/mol. The third-order valence-electron chi connectivity index (χ3n) is 4.31. The second-order valence-electron chi connectivity index (χ2n) is 6.08. The molecule has 0 aliphatic rings. The van der Waals surface area contributed by atoms with Crippen LogP contribution in [0.25, 0.3) is 11.1 Å². The second kappa shape index (κ2) is 9.94. The van der Waals surface area contributed by atoms with Crippen LogP contribution in [0.15, 0.2) is 47.8 Å². The van der Waals surface area contributed by atoms with Gasteiger partial charge in [-0.3, -0.25) is 4.79 Å². The maximum atomic E-state index is 12.8. The van der Waals surface area contributed by atoms with E-state index in [4.69, 9.17) is 14.2 Å². The fraction of sp³-hybridized carbons (Fsp3) is 0.182. The number of thiophene rings is 1. The van der Waals surface area contributed by atoms with Crippen LogP contribution in [-0.2, 0) is 4.74 Å². The number of carbonyl (C=O) groups is 2. The number of benzene rings is 2. The molecule has 8 heteroatoms. The molecule has 30 heavy (non-hydrogen) atoms. The van der Waals surface area contributed by atoms with Crippen molar-refractivity contribution in [3.05, 3.63) is 62.5 Å². The Morgan fingerprint density at radius 2 is 1.80 bits per heavy atom. The molecule has 0 bridgehead atoms.